The number of hydroxylamine groups is 1. The molecule has 0 bridgehead atoms. The third-order valence-corrected chi connectivity index (χ3v) is 5.28. The van der Waals surface area contributed by atoms with Crippen molar-refractivity contribution < 1.29 is 9.13 Å². The first-order chi connectivity index (χ1) is 10.3. The van der Waals surface area contributed by atoms with Crippen molar-refractivity contribution >= 4 is 46.1 Å². The van der Waals surface area contributed by atoms with Crippen molar-refractivity contribution in [2.45, 2.75) is 24.8 Å². The molecule has 1 aromatic rings. The highest BCUT2D eigenvalue weighted by Crippen LogP contribution is 2.41. The van der Waals surface area contributed by atoms with E-state index in [9.17, 15) is 9.60 Å². The summed E-state index contributed by atoms with van der Waals surface area (Å²) in [5, 5.41) is 12.8. The molecule has 1 aliphatic rings. The van der Waals surface area contributed by atoms with E-state index in [1.807, 2.05) is 13.8 Å². The van der Waals surface area contributed by atoms with Crippen LogP contribution < -0.4 is 0 Å². The summed E-state index contributed by atoms with van der Waals surface area (Å²) < 4.78 is 14.8. The Hall–Kier alpha value is -1.11. The Morgan fingerprint density at radius 3 is 2.86 bits per heavy atom. The number of benzene rings is 1. The second-order valence-electron chi connectivity index (χ2n) is 5.41. The van der Waals surface area contributed by atoms with Gasteiger partial charge in [-0.2, -0.15) is 4.74 Å². The van der Waals surface area contributed by atoms with E-state index in [1.54, 1.807) is 17.0 Å². The summed E-state index contributed by atoms with van der Waals surface area (Å²) in [6.07, 6.45) is 2.32. The third-order valence-electron chi connectivity index (χ3n) is 3.32. The normalized spacial score (nSPS) is 21.3. The number of thiocarbonyl (C=S) groups is 1. The van der Waals surface area contributed by atoms with Crippen LogP contribution in [0.2, 0.25) is 5.02 Å². The van der Waals surface area contributed by atoms with Gasteiger partial charge in [-0.25, -0.2) is 4.39 Å². The second kappa shape index (κ2) is 6.56. The Bertz CT molecular complexity index is 628. The first-order valence-electron chi connectivity index (χ1n) is 6.63. The monoisotopic (exact) mass is 358 g/mol. The van der Waals surface area contributed by atoms with E-state index >= 15 is 0 Å². The molecule has 1 saturated heterocycles. The van der Waals surface area contributed by atoms with Gasteiger partial charge < -0.3 is 5.21 Å². The number of hydrogen-bond donors (Lipinski definition) is 0. The van der Waals surface area contributed by atoms with Crippen molar-refractivity contribution in [3.8, 4) is 0 Å². The topological polar surface area (TPSA) is 29.3 Å². The van der Waals surface area contributed by atoms with Gasteiger partial charge in [-0.3, -0.25) is 4.90 Å². The second-order valence-corrected chi connectivity index (χ2v) is 8.11. The van der Waals surface area contributed by atoms with Crippen molar-refractivity contribution in [2.75, 3.05) is 6.54 Å². The van der Waals surface area contributed by atoms with Gasteiger partial charge >= 0.3 is 0 Å². The Balaban J connectivity index is 2.45. The molecule has 0 amide bonds. The lowest BCUT2D eigenvalue weighted by Gasteiger charge is -2.29. The molecule has 0 spiro atoms. The number of hydrogen-bond acceptors (Lipinski definition) is 3. The molecule has 0 N–H and O–H groups in total. The number of thioether (sulfide) groups is 1. The van der Waals surface area contributed by atoms with Gasteiger partial charge in [-0.05, 0) is 26.0 Å². The van der Waals surface area contributed by atoms with Crippen LogP contribution >= 0.6 is 35.6 Å². The molecule has 1 aromatic carbocycles. The summed E-state index contributed by atoms with van der Waals surface area (Å²) in [7, 11) is 0. The third kappa shape index (κ3) is 3.29. The molecular weight excluding hydrogens is 343 g/mol. The smallest absolute Gasteiger partial charge is 0.254 e. The SMILES string of the molecule is C=CCN1C(=S)SC(C)(C)C1[N+]([O-])=Cc1c(F)cccc1Cl. The zero-order valence-electron chi connectivity index (χ0n) is 12.3. The molecule has 0 aliphatic carbocycles. The Morgan fingerprint density at radius 1 is 1.59 bits per heavy atom. The van der Waals surface area contributed by atoms with Crippen molar-refractivity contribution in [1.29, 1.82) is 0 Å². The Morgan fingerprint density at radius 2 is 2.27 bits per heavy atom. The van der Waals surface area contributed by atoms with Gasteiger partial charge in [0.15, 0.2) is 6.21 Å². The zero-order valence-corrected chi connectivity index (χ0v) is 14.6. The highest BCUT2D eigenvalue weighted by atomic mass is 35.5. The van der Waals surface area contributed by atoms with E-state index in [0.29, 0.717) is 10.9 Å². The molecule has 2 rings (SSSR count). The van der Waals surface area contributed by atoms with E-state index in [1.165, 1.54) is 30.1 Å². The fourth-order valence-corrected chi connectivity index (χ4v) is 4.51. The minimum Gasteiger partial charge on any atom is -0.622 e. The first kappa shape index (κ1) is 17.2. The summed E-state index contributed by atoms with van der Waals surface area (Å²) in [5.41, 5.74) is 0.0799. The summed E-state index contributed by atoms with van der Waals surface area (Å²) in [5.74, 6) is -0.533. The van der Waals surface area contributed by atoms with E-state index < -0.39 is 16.7 Å². The summed E-state index contributed by atoms with van der Waals surface area (Å²) in [4.78, 5) is 1.78. The van der Waals surface area contributed by atoms with Gasteiger partial charge in [0, 0.05) is 6.54 Å². The first-order valence-corrected chi connectivity index (χ1v) is 8.23. The standard InChI is InChI=1S/C15H16ClFN2OS2/c1-4-8-18-13(15(2,3)22-14(18)21)19(20)9-10-11(16)6-5-7-12(10)17/h4-7,9,13H,1,8H2,2-3H3. The Kier molecular flexibility index (Phi) is 5.14. The van der Waals surface area contributed by atoms with Gasteiger partial charge in [0.05, 0.1) is 10.6 Å². The average molecular weight is 359 g/mol. The maximum Gasteiger partial charge on any atom is 0.254 e. The number of halogens is 2. The maximum atomic E-state index is 13.9. The van der Waals surface area contributed by atoms with Crippen LogP contribution in [0, 0.1) is 11.0 Å². The summed E-state index contributed by atoms with van der Waals surface area (Å²) in [6, 6.07) is 4.32. The summed E-state index contributed by atoms with van der Waals surface area (Å²) >= 11 is 12.8. The van der Waals surface area contributed by atoms with E-state index in [4.69, 9.17) is 23.8 Å². The van der Waals surface area contributed by atoms with Crippen LogP contribution in [-0.4, -0.2) is 37.6 Å². The van der Waals surface area contributed by atoms with Gasteiger partial charge in [0.1, 0.15) is 14.9 Å². The molecular formula is C15H16ClFN2OS2. The maximum absolute atomic E-state index is 13.9. The fraction of sp³-hybridized carbons (Fsp3) is 0.333. The van der Waals surface area contributed by atoms with Crippen molar-refractivity contribution in [3.63, 3.8) is 0 Å². The van der Waals surface area contributed by atoms with Crippen LogP contribution in [0.25, 0.3) is 0 Å². The molecule has 1 aliphatic heterocycles. The number of rotatable bonds is 4. The quantitative estimate of drug-likeness (QED) is 0.203. The molecule has 22 heavy (non-hydrogen) atoms. The molecule has 1 fully saturated rings. The molecule has 3 nitrogen and oxygen atoms in total. The molecule has 7 heteroatoms. The largest absolute Gasteiger partial charge is 0.622 e. The van der Waals surface area contributed by atoms with Crippen LogP contribution in [0.5, 0.6) is 0 Å². The van der Waals surface area contributed by atoms with E-state index in [2.05, 4.69) is 6.58 Å². The van der Waals surface area contributed by atoms with Gasteiger partial charge in [0.2, 0.25) is 0 Å². The predicted octanol–water partition coefficient (Wildman–Crippen LogP) is 4.03. The highest BCUT2D eigenvalue weighted by Gasteiger charge is 2.50. The van der Waals surface area contributed by atoms with Gasteiger partial charge in [0.25, 0.3) is 6.17 Å². The number of nitrogens with zero attached hydrogens (tertiary/aromatic N) is 2. The van der Waals surface area contributed by atoms with Gasteiger partial charge in [-0.1, -0.05) is 47.7 Å². The lowest BCUT2D eigenvalue weighted by molar-refractivity contribution is -0.523. The van der Waals surface area contributed by atoms with E-state index in [-0.39, 0.29) is 10.6 Å². The van der Waals surface area contributed by atoms with Crippen LogP contribution in [0.15, 0.2) is 30.9 Å². The molecule has 118 valence electrons. The molecule has 0 aromatic heterocycles. The average Bonchev–Trinajstić information content (AvgIpc) is 2.64. The van der Waals surface area contributed by atoms with Crippen LogP contribution in [0.1, 0.15) is 19.4 Å². The highest BCUT2D eigenvalue weighted by molar-refractivity contribution is 8.24. The van der Waals surface area contributed by atoms with Crippen LogP contribution in [0.3, 0.4) is 0 Å². The minimum absolute atomic E-state index is 0.0799. The van der Waals surface area contributed by atoms with Crippen LogP contribution in [0.4, 0.5) is 4.39 Å². The molecule has 1 heterocycles. The molecule has 0 saturated carbocycles. The predicted molar refractivity (Wildman–Crippen MR) is 95.2 cm³/mol. The van der Waals surface area contributed by atoms with Crippen molar-refractivity contribution in [2.24, 2.45) is 0 Å². The molecule has 1 atom stereocenters. The molecule has 1 unspecified atom stereocenters. The lowest BCUT2D eigenvalue weighted by Crippen LogP contribution is -2.48. The lowest BCUT2D eigenvalue weighted by atomic mass is 10.1. The zero-order chi connectivity index (χ0) is 16.5. The van der Waals surface area contributed by atoms with Gasteiger partial charge in [-0.15, -0.1) is 6.58 Å². The Labute approximate surface area is 144 Å². The van der Waals surface area contributed by atoms with Crippen LogP contribution in [-0.2, 0) is 0 Å². The summed E-state index contributed by atoms with van der Waals surface area (Å²) in [6.45, 7) is 8.01. The van der Waals surface area contributed by atoms with Crippen molar-refractivity contribution in [1.82, 2.24) is 4.90 Å². The van der Waals surface area contributed by atoms with E-state index in [0.717, 1.165) is 4.74 Å². The fourth-order valence-electron chi connectivity index (χ4n) is 2.40. The molecule has 0 radical (unpaired) electrons. The van der Waals surface area contributed by atoms with Crippen molar-refractivity contribution in [3.05, 3.63) is 52.5 Å². The minimum atomic E-state index is -0.557.